The second-order valence-corrected chi connectivity index (χ2v) is 4.53. The van der Waals surface area contributed by atoms with Crippen molar-refractivity contribution in [2.75, 3.05) is 0 Å². The first-order valence-corrected chi connectivity index (χ1v) is 6.12. The molecule has 0 saturated heterocycles. The van der Waals surface area contributed by atoms with Gasteiger partial charge in [0.25, 0.3) is 0 Å². The fourth-order valence-corrected chi connectivity index (χ4v) is 2.22. The maximum absolute atomic E-state index is 11.1. The Hall–Kier alpha value is -2.81. The number of benzene rings is 3. The van der Waals surface area contributed by atoms with E-state index in [4.69, 9.17) is 5.11 Å². The molecule has 0 fully saturated rings. The van der Waals surface area contributed by atoms with Crippen LogP contribution in [0.15, 0.2) is 54.6 Å². The molecular weight excluding hydrogens is 252 g/mol. The lowest BCUT2D eigenvalue weighted by molar-refractivity contribution is 0.0694. The molecule has 1 radical (unpaired) electrons. The zero-order chi connectivity index (χ0) is 14.1. The van der Waals surface area contributed by atoms with Gasteiger partial charge in [-0.25, -0.2) is 4.79 Å². The highest BCUT2D eigenvalue weighted by Crippen LogP contribution is 2.29. The number of rotatable bonds is 2. The van der Waals surface area contributed by atoms with Gasteiger partial charge in [-0.1, -0.05) is 36.4 Å². The quantitative estimate of drug-likeness (QED) is 0.741. The molecule has 3 heteroatoms. The van der Waals surface area contributed by atoms with Crippen LogP contribution in [0.2, 0.25) is 0 Å². The van der Waals surface area contributed by atoms with Crippen molar-refractivity contribution in [1.29, 1.82) is 0 Å². The monoisotopic (exact) mass is 263 g/mol. The third kappa shape index (κ3) is 2.10. The number of hydrogen-bond donors (Lipinski definition) is 2. The van der Waals surface area contributed by atoms with Crippen molar-refractivity contribution >= 4 is 16.7 Å². The Balaban J connectivity index is 2.20. The van der Waals surface area contributed by atoms with E-state index in [1.165, 1.54) is 12.1 Å². The minimum absolute atomic E-state index is 0.0870. The van der Waals surface area contributed by atoms with Crippen LogP contribution in [0.5, 0.6) is 5.75 Å². The second kappa shape index (κ2) is 4.70. The van der Waals surface area contributed by atoms with Gasteiger partial charge >= 0.3 is 5.97 Å². The first-order chi connectivity index (χ1) is 9.65. The molecule has 3 aromatic rings. The predicted molar refractivity (Wildman–Crippen MR) is 76.8 cm³/mol. The van der Waals surface area contributed by atoms with Gasteiger partial charge in [0.15, 0.2) is 0 Å². The van der Waals surface area contributed by atoms with Gasteiger partial charge < -0.3 is 10.2 Å². The van der Waals surface area contributed by atoms with E-state index in [0.29, 0.717) is 0 Å². The third-order valence-corrected chi connectivity index (χ3v) is 3.24. The first-order valence-electron chi connectivity index (χ1n) is 6.12. The topological polar surface area (TPSA) is 57.5 Å². The molecule has 0 aliphatic rings. The van der Waals surface area contributed by atoms with Gasteiger partial charge in [-0.2, -0.15) is 0 Å². The van der Waals surface area contributed by atoms with Crippen molar-refractivity contribution in [2.45, 2.75) is 0 Å². The van der Waals surface area contributed by atoms with E-state index >= 15 is 0 Å². The molecule has 20 heavy (non-hydrogen) atoms. The van der Waals surface area contributed by atoms with Gasteiger partial charge in [-0.3, -0.25) is 0 Å². The zero-order valence-corrected chi connectivity index (χ0v) is 10.5. The molecule has 2 N–H and O–H groups in total. The van der Waals surface area contributed by atoms with Crippen LogP contribution < -0.4 is 0 Å². The molecule has 0 heterocycles. The zero-order valence-electron chi connectivity index (χ0n) is 10.5. The summed E-state index contributed by atoms with van der Waals surface area (Å²) in [7, 11) is 0. The summed E-state index contributed by atoms with van der Waals surface area (Å²) in [4.78, 5) is 11.1. The Morgan fingerprint density at radius 2 is 1.65 bits per heavy atom. The summed E-state index contributed by atoms with van der Waals surface area (Å²) in [6.07, 6.45) is 0. The molecule has 97 valence electrons. The summed E-state index contributed by atoms with van der Waals surface area (Å²) in [5.41, 5.74) is 1.94. The number of hydrogen-bond acceptors (Lipinski definition) is 2. The van der Waals surface area contributed by atoms with E-state index in [9.17, 15) is 9.90 Å². The van der Waals surface area contributed by atoms with Crippen LogP contribution in [-0.4, -0.2) is 16.2 Å². The van der Waals surface area contributed by atoms with Crippen LogP contribution in [0.25, 0.3) is 21.9 Å². The Labute approximate surface area is 115 Å². The molecule has 0 aromatic heterocycles. The van der Waals surface area contributed by atoms with Crippen LogP contribution in [0.4, 0.5) is 0 Å². The molecule has 0 aliphatic carbocycles. The van der Waals surface area contributed by atoms with Crippen LogP contribution in [0.3, 0.4) is 0 Å². The van der Waals surface area contributed by atoms with Crippen LogP contribution >= 0.6 is 0 Å². The summed E-state index contributed by atoms with van der Waals surface area (Å²) in [6.45, 7) is 0. The minimum atomic E-state index is -1.14. The highest BCUT2D eigenvalue weighted by Gasteiger charge is 2.11. The van der Waals surface area contributed by atoms with Gasteiger partial charge in [0.1, 0.15) is 11.3 Å². The third-order valence-electron chi connectivity index (χ3n) is 3.24. The Bertz CT molecular complexity index is 792. The number of carbonyl (C=O) groups is 1. The van der Waals surface area contributed by atoms with Crippen molar-refractivity contribution in [3.63, 3.8) is 0 Å². The molecule has 0 saturated carbocycles. The predicted octanol–water partition coefficient (Wildman–Crippen LogP) is 3.71. The van der Waals surface area contributed by atoms with Crippen LogP contribution in [-0.2, 0) is 0 Å². The normalized spacial score (nSPS) is 10.6. The summed E-state index contributed by atoms with van der Waals surface area (Å²) in [5.74, 6) is -1.35. The van der Waals surface area contributed by atoms with Crippen molar-refractivity contribution in [1.82, 2.24) is 0 Å². The van der Waals surface area contributed by atoms with Crippen molar-refractivity contribution < 1.29 is 15.0 Å². The van der Waals surface area contributed by atoms with E-state index in [-0.39, 0.29) is 11.3 Å². The lowest BCUT2D eigenvalue weighted by atomic mass is 9.99. The fourth-order valence-electron chi connectivity index (χ4n) is 2.22. The van der Waals surface area contributed by atoms with Crippen molar-refractivity contribution in [3.8, 4) is 16.9 Å². The minimum Gasteiger partial charge on any atom is -0.507 e. The van der Waals surface area contributed by atoms with E-state index in [0.717, 1.165) is 21.9 Å². The molecule has 0 atom stereocenters. The standard InChI is InChI=1S/C17H11O3/c18-16-10-13-7-6-12(11-4-2-1-3-5-11)8-14(13)9-15(16)17(19)20/h2-10,18H,(H,19,20). The number of fused-ring (bicyclic) bond motifs is 1. The molecule has 0 spiro atoms. The van der Waals surface area contributed by atoms with Crippen LogP contribution in [0.1, 0.15) is 10.4 Å². The van der Waals surface area contributed by atoms with Gasteiger partial charge in [0.05, 0.1) is 0 Å². The molecule has 0 unspecified atom stereocenters. The molecule has 3 aromatic carbocycles. The SMILES string of the molecule is O=C(O)c1cc2cc(-c3cc[c]cc3)ccc2cc1O. The maximum Gasteiger partial charge on any atom is 0.339 e. The second-order valence-electron chi connectivity index (χ2n) is 4.53. The maximum atomic E-state index is 11.1. The Kier molecular flexibility index (Phi) is 2.88. The van der Waals surface area contributed by atoms with Gasteiger partial charge in [-0.05, 0) is 46.2 Å². The van der Waals surface area contributed by atoms with Crippen molar-refractivity contribution in [2.24, 2.45) is 0 Å². The summed E-state index contributed by atoms with van der Waals surface area (Å²) in [5, 5.41) is 20.3. The van der Waals surface area contributed by atoms with Crippen molar-refractivity contribution in [3.05, 3.63) is 66.2 Å². The highest BCUT2D eigenvalue weighted by molar-refractivity contribution is 5.98. The van der Waals surface area contributed by atoms with E-state index < -0.39 is 5.97 Å². The lowest BCUT2D eigenvalue weighted by Gasteiger charge is -2.06. The lowest BCUT2D eigenvalue weighted by Crippen LogP contribution is -1.96. The number of carboxylic acids is 1. The summed E-state index contributed by atoms with van der Waals surface area (Å²) < 4.78 is 0. The van der Waals surface area contributed by atoms with Gasteiger partial charge in [0.2, 0.25) is 0 Å². The summed E-state index contributed by atoms with van der Waals surface area (Å²) in [6, 6.07) is 19.2. The number of aromatic carboxylic acids is 1. The van der Waals surface area contributed by atoms with E-state index in [2.05, 4.69) is 6.07 Å². The molecular formula is C17H11O3. The average Bonchev–Trinajstić information content (AvgIpc) is 2.47. The fraction of sp³-hybridized carbons (Fsp3) is 0. The van der Waals surface area contributed by atoms with E-state index in [1.54, 1.807) is 0 Å². The first kappa shape index (κ1) is 12.2. The molecule has 0 bridgehead atoms. The number of phenols is 1. The van der Waals surface area contributed by atoms with Crippen LogP contribution in [0, 0.1) is 6.07 Å². The van der Waals surface area contributed by atoms with E-state index in [1.807, 2.05) is 42.5 Å². The summed E-state index contributed by atoms with van der Waals surface area (Å²) >= 11 is 0. The molecule has 3 rings (SSSR count). The Morgan fingerprint density at radius 3 is 2.35 bits per heavy atom. The smallest absolute Gasteiger partial charge is 0.339 e. The molecule has 3 nitrogen and oxygen atoms in total. The van der Waals surface area contributed by atoms with Gasteiger partial charge in [0, 0.05) is 0 Å². The largest absolute Gasteiger partial charge is 0.507 e. The van der Waals surface area contributed by atoms with Gasteiger partial charge in [-0.15, -0.1) is 0 Å². The number of carboxylic acid groups (broad SMARTS) is 1. The average molecular weight is 263 g/mol. The Morgan fingerprint density at radius 1 is 0.900 bits per heavy atom. The molecule has 0 amide bonds. The number of aromatic hydroxyl groups is 1. The molecule has 0 aliphatic heterocycles. The highest BCUT2D eigenvalue weighted by atomic mass is 16.4.